The number of nitrogens with two attached hydrogens (primary N) is 1. The molecular weight excluding hydrogens is 208 g/mol. The fraction of sp³-hybridized carbons (Fsp3) is 0.545. The first-order valence-electron chi connectivity index (χ1n) is 5.16. The van der Waals surface area contributed by atoms with E-state index in [0.717, 1.165) is 12.0 Å². The second kappa shape index (κ2) is 6.69. The van der Waals surface area contributed by atoms with E-state index in [1.54, 1.807) is 6.20 Å². The summed E-state index contributed by atoms with van der Waals surface area (Å²) in [6.45, 7) is 2.64. The van der Waals surface area contributed by atoms with E-state index in [0.29, 0.717) is 24.0 Å². The summed E-state index contributed by atoms with van der Waals surface area (Å²) in [5.41, 5.74) is 6.63. The number of pyridine rings is 1. The third kappa shape index (κ3) is 5.04. The Balaban J connectivity index is 2.29. The Morgan fingerprint density at radius 3 is 3.00 bits per heavy atom. The molecule has 84 valence electrons. The maximum Gasteiger partial charge on any atom is 0.0300 e. The number of rotatable bonds is 6. The van der Waals surface area contributed by atoms with Crippen molar-refractivity contribution in [3.8, 4) is 0 Å². The highest BCUT2D eigenvalue weighted by Gasteiger charge is 2.06. The van der Waals surface area contributed by atoms with Gasteiger partial charge in [-0.3, -0.25) is 9.19 Å². The molecule has 0 radical (unpaired) electrons. The van der Waals surface area contributed by atoms with Crippen molar-refractivity contribution in [2.24, 2.45) is 11.7 Å². The Labute approximate surface area is 93.6 Å². The molecule has 2 unspecified atom stereocenters. The molecule has 1 heterocycles. The van der Waals surface area contributed by atoms with Gasteiger partial charge in [-0.25, -0.2) is 0 Å². The quantitative estimate of drug-likeness (QED) is 0.786. The molecular formula is C11H18N2OS. The Morgan fingerprint density at radius 1 is 1.60 bits per heavy atom. The van der Waals surface area contributed by atoms with Crippen molar-refractivity contribution in [3.05, 3.63) is 30.1 Å². The number of aromatic nitrogens is 1. The van der Waals surface area contributed by atoms with Crippen molar-refractivity contribution in [3.63, 3.8) is 0 Å². The van der Waals surface area contributed by atoms with E-state index < -0.39 is 10.8 Å². The van der Waals surface area contributed by atoms with Crippen LogP contribution in [0.4, 0.5) is 0 Å². The molecule has 0 fully saturated rings. The largest absolute Gasteiger partial charge is 0.330 e. The number of aryl methyl sites for hydroxylation is 1. The van der Waals surface area contributed by atoms with Gasteiger partial charge in [0.15, 0.2) is 0 Å². The van der Waals surface area contributed by atoms with Crippen LogP contribution in [0.1, 0.15) is 12.5 Å². The third-order valence-corrected chi connectivity index (χ3v) is 3.81. The summed E-state index contributed by atoms with van der Waals surface area (Å²) in [6, 6.07) is 3.91. The molecule has 1 rings (SSSR count). The number of nitrogens with zero attached hydrogens (tertiary/aromatic N) is 1. The highest BCUT2D eigenvalue weighted by molar-refractivity contribution is 7.84. The summed E-state index contributed by atoms with van der Waals surface area (Å²) in [7, 11) is -0.758. The molecule has 0 bridgehead atoms. The van der Waals surface area contributed by atoms with Gasteiger partial charge >= 0.3 is 0 Å². The molecule has 0 saturated heterocycles. The van der Waals surface area contributed by atoms with Gasteiger partial charge in [-0.1, -0.05) is 13.0 Å². The predicted molar refractivity (Wildman–Crippen MR) is 64.0 cm³/mol. The second-order valence-corrected chi connectivity index (χ2v) is 5.38. The predicted octanol–water partition coefficient (Wildman–Crippen LogP) is 0.968. The van der Waals surface area contributed by atoms with Gasteiger partial charge in [0.2, 0.25) is 0 Å². The second-order valence-electron chi connectivity index (χ2n) is 3.76. The van der Waals surface area contributed by atoms with Gasteiger partial charge in [0, 0.05) is 34.7 Å². The zero-order valence-corrected chi connectivity index (χ0v) is 9.87. The van der Waals surface area contributed by atoms with Crippen LogP contribution in [0.2, 0.25) is 0 Å². The number of hydrogen-bond acceptors (Lipinski definition) is 3. The van der Waals surface area contributed by atoms with E-state index in [1.807, 2.05) is 25.3 Å². The summed E-state index contributed by atoms with van der Waals surface area (Å²) in [5, 5.41) is 0. The molecule has 2 N–H and O–H groups in total. The van der Waals surface area contributed by atoms with Crippen molar-refractivity contribution in [2.45, 2.75) is 13.3 Å². The van der Waals surface area contributed by atoms with Crippen LogP contribution in [0, 0.1) is 5.92 Å². The van der Waals surface area contributed by atoms with Crippen molar-refractivity contribution >= 4 is 10.8 Å². The van der Waals surface area contributed by atoms with Crippen LogP contribution < -0.4 is 5.73 Å². The molecule has 15 heavy (non-hydrogen) atoms. The lowest BCUT2D eigenvalue weighted by Crippen LogP contribution is -2.19. The van der Waals surface area contributed by atoms with Crippen LogP contribution in [-0.4, -0.2) is 27.2 Å². The minimum Gasteiger partial charge on any atom is -0.330 e. The topological polar surface area (TPSA) is 56.0 Å². The number of hydrogen-bond donors (Lipinski definition) is 1. The molecule has 0 amide bonds. The van der Waals surface area contributed by atoms with Gasteiger partial charge in [0.25, 0.3) is 0 Å². The van der Waals surface area contributed by atoms with Crippen LogP contribution in [0.3, 0.4) is 0 Å². The first-order valence-corrected chi connectivity index (χ1v) is 6.65. The monoisotopic (exact) mass is 226 g/mol. The van der Waals surface area contributed by atoms with Gasteiger partial charge in [-0.15, -0.1) is 0 Å². The lowest BCUT2D eigenvalue weighted by Gasteiger charge is -2.07. The normalized spacial score (nSPS) is 14.8. The highest BCUT2D eigenvalue weighted by atomic mass is 32.2. The summed E-state index contributed by atoms with van der Waals surface area (Å²) < 4.78 is 11.6. The summed E-state index contributed by atoms with van der Waals surface area (Å²) in [6.07, 6.45) is 4.40. The average Bonchev–Trinajstić information content (AvgIpc) is 2.27. The van der Waals surface area contributed by atoms with Crippen molar-refractivity contribution in [2.75, 3.05) is 18.1 Å². The lowest BCUT2D eigenvalue weighted by molar-refractivity contribution is 0.640. The average molecular weight is 226 g/mol. The summed E-state index contributed by atoms with van der Waals surface area (Å²) in [5.74, 6) is 1.76. The van der Waals surface area contributed by atoms with Gasteiger partial charge in [0.05, 0.1) is 0 Å². The molecule has 0 spiro atoms. The maximum atomic E-state index is 11.6. The third-order valence-electron chi connectivity index (χ3n) is 2.21. The Bertz CT molecular complexity index is 303. The summed E-state index contributed by atoms with van der Waals surface area (Å²) >= 11 is 0. The SMILES string of the molecule is CC(CN)CS(=O)CCc1cccnc1. The smallest absolute Gasteiger partial charge is 0.0300 e. The summed E-state index contributed by atoms with van der Waals surface area (Å²) in [4.78, 5) is 4.02. The van der Waals surface area contributed by atoms with E-state index in [2.05, 4.69) is 4.98 Å². The Hall–Kier alpha value is -0.740. The minimum atomic E-state index is -0.758. The minimum absolute atomic E-state index is 0.347. The van der Waals surface area contributed by atoms with Gasteiger partial charge in [-0.2, -0.15) is 0 Å². The van der Waals surface area contributed by atoms with Crippen molar-refractivity contribution < 1.29 is 4.21 Å². The fourth-order valence-corrected chi connectivity index (χ4v) is 2.65. The van der Waals surface area contributed by atoms with Crippen LogP contribution >= 0.6 is 0 Å². The first kappa shape index (κ1) is 12.3. The fourth-order valence-electron chi connectivity index (χ4n) is 1.25. The van der Waals surface area contributed by atoms with Gasteiger partial charge in [-0.05, 0) is 30.5 Å². The Morgan fingerprint density at radius 2 is 2.40 bits per heavy atom. The lowest BCUT2D eigenvalue weighted by atomic mass is 10.2. The first-order chi connectivity index (χ1) is 7.22. The molecule has 1 aromatic rings. The molecule has 0 aliphatic carbocycles. The van der Waals surface area contributed by atoms with E-state index in [9.17, 15) is 4.21 Å². The molecule has 0 aliphatic heterocycles. The van der Waals surface area contributed by atoms with Crippen LogP contribution in [0.25, 0.3) is 0 Å². The van der Waals surface area contributed by atoms with Gasteiger partial charge in [0.1, 0.15) is 0 Å². The van der Waals surface area contributed by atoms with Crippen LogP contribution in [0.15, 0.2) is 24.5 Å². The molecule has 0 aliphatic rings. The molecule has 0 aromatic carbocycles. The standard InChI is InChI=1S/C11H18N2OS/c1-10(7-12)9-15(14)6-4-11-3-2-5-13-8-11/h2-3,5,8,10H,4,6-7,9,12H2,1H3. The van der Waals surface area contributed by atoms with Crippen LogP contribution in [-0.2, 0) is 17.2 Å². The van der Waals surface area contributed by atoms with E-state index >= 15 is 0 Å². The molecule has 3 nitrogen and oxygen atoms in total. The molecule has 1 aromatic heterocycles. The zero-order valence-electron chi connectivity index (χ0n) is 9.06. The van der Waals surface area contributed by atoms with E-state index in [1.165, 1.54) is 0 Å². The van der Waals surface area contributed by atoms with E-state index in [4.69, 9.17) is 5.73 Å². The zero-order chi connectivity index (χ0) is 11.1. The van der Waals surface area contributed by atoms with Crippen molar-refractivity contribution in [1.82, 2.24) is 4.98 Å². The molecule has 2 atom stereocenters. The molecule has 0 saturated carbocycles. The van der Waals surface area contributed by atoms with Crippen molar-refractivity contribution in [1.29, 1.82) is 0 Å². The Kier molecular flexibility index (Phi) is 5.50. The van der Waals surface area contributed by atoms with Crippen LogP contribution in [0.5, 0.6) is 0 Å². The highest BCUT2D eigenvalue weighted by Crippen LogP contribution is 2.01. The molecule has 4 heteroatoms. The van der Waals surface area contributed by atoms with E-state index in [-0.39, 0.29) is 0 Å². The van der Waals surface area contributed by atoms with Gasteiger partial charge < -0.3 is 5.73 Å². The maximum absolute atomic E-state index is 11.6.